The van der Waals surface area contributed by atoms with E-state index in [1.165, 1.54) is 24.2 Å². The molecule has 2 rings (SSSR count). The van der Waals surface area contributed by atoms with E-state index in [2.05, 4.69) is 24.4 Å². The summed E-state index contributed by atoms with van der Waals surface area (Å²) < 4.78 is 0. The van der Waals surface area contributed by atoms with Crippen molar-refractivity contribution in [1.82, 2.24) is 5.43 Å². The zero-order valence-corrected chi connectivity index (χ0v) is 13.1. The number of likely N-dealkylation sites (tertiary alicyclic amines) is 1. The highest BCUT2D eigenvalue weighted by molar-refractivity contribution is 6.02. The molecule has 4 heteroatoms. The molecule has 0 spiro atoms. The molecule has 114 valence electrons. The third-order valence-corrected chi connectivity index (χ3v) is 3.89. The van der Waals surface area contributed by atoms with Crippen LogP contribution in [0.4, 0.5) is 0 Å². The topological polar surface area (TPSA) is 45.9 Å². The Balaban J connectivity index is 1.94. The van der Waals surface area contributed by atoms with Crippen LogP contribution in [0.2, 0.25) is 0 Å². The predicted octanol–water partition coefficient (Wildman–Crippen LogP) is 1.23. The zero-order chi connectivity index (χ0) is 15.1. The molecule has 4 nitrogen and oxygen atoms in total. The molecule has 1 aromatic rings. The van der Waals surface area contributed by atoms with Crippen LogP contribution in [0.3, 0.4) is 0 Å². The number of carbonyl (C=O) groups excluding carboxylic acids is 1. The highest BCUT2D eigenvalue weighted by Crippen LogP contribution is 2.08. The molecule has 0 radical (unpaired) electrons. The summed E-state index contributed by atoms with van der Waals surface area (Å²) in [6.07, 6.45) is 3.76. The largest absolute Gasteiger partial charge is 0.327 e. The standard InChI is InChI=1S/C17H25N3O/c1-14(2)17(15-9-5-3-6-10-15)19-18-16(21)13-20-11-7-4-8-12-20/h3,5-6,9-10,14H,4,7-8,11-13H2,1-2H3,(H,18,21)/p+1/b19-17-. The van der Waals surface area contributed by atoms with Crippen LogP contribution in [0.5, 0.6) is 0 Å². The molecule has 1 saturated heterocycles. The third kappa shape index (κ3) is 4.97. The second-order valence-corrected chi connectivity index (χ2v) is 6.04. The van der Waals surface area contributed by atoms with Crippen LogP contribution in [0, 0.1) is 5.92 Å². The summed E-state index contributed by atoms with van der Waals surface area (Å²) >= 11 is 0. The Kier molecular flexibility index (Phi) is 5.93. The van der Waals surface area contributed by atoms with Crippen molar-refractivity contribution >= 4 is 11.6 Å². The molecule has 0 bridgehead atoms. The second-order valence-electron chi connectivity index (χ2n) is 6.04. The first-order chi connectivity index (χ1) is 10.2. The lowest BCUT2D eigenvalue weighted by molar-refractivity contribution is -0.896. The third-order valence-electron chi connectivity index (χ3n) is 3.89. The van der Waals surface area contributed by atoms with E-state index in [9.17, 15) is 4.79 Å². The van der Waals surface area contributed by atoms with Gasteiger partial charge in [0.05, 0.1) is 18.8 Å². The van der Waals surface area contributed by atoms with E-state index in [1.807, 2.05) is 30.3 Å². The van der Waals surface area contributed by atoms with E-state index < -0.39 is 0 Å². The Bertz CT molecular complexity index is 476. The van der Waals surface area contributed by atoms with Crippen LogP contribution >= 0.6 is 0 Å². The summed E-state index contributed by atoms with van der Waals surface area (Å²) in [6.45, 7) is 6.92. The van der Waals surface area contributed by atoms with Gasteiger partial charge in [-0.3, -0.25) is 4.79 Å². The first-order valence-electron chi connectivity index (χ1n) is 7.92. The lowest BCUT2D eigenvalue weighted by Gasteiger charge is -2.22. The van der Waals surface area contributed by atoms with E-state index in [1.54, 1.807) is 0 Å². The van der Waals surface area contributed by atoms with Gasteiger partial charge in [0.2, 0.25) is 0 Å². The van der Waals surface area contributed by atoms with E-state index in [0.29, 0.717) is 6.54 Å². The number of piperidine rings is 1. The Hall–Kier alpha value is -1.68. The average Bonchev–Trinajstić information content (AvgIpc) is 2.49. The van der Waals surface area contributed by atoms with Crippen LogP contribution in [-0.2, 0) is 4.79 Å². The van der Waals surface area contributed by atoms with Crippen molar-refractivity contribution in [2.45, 2.75) is 33.1 Å². The lowest BCUT2D eigenvalue weighted by atomic mass is 10.0. The van der Waals surface area contributed by atoms with Gasteiger partial charge in [0.1, 0.15) is 0 Å². The van der Waals surface area contributed by atoms with Gasteiger partial charge in [0.15, 0.2) is 6.54 Å². The Morgan fingerprint density at radius 2 is 1.86 bits per heavy atom. The molecule has 1 heterocycles. The number of nitrogens with one attached hydrogen (secondary N) is 2. The quantitative estimate of drug-likeness (QED) is 0.621. The zero-order valence-electron chi connectivity index (χ0n) is 13.1. The van der Waals surface area contributed by atoms with Crippen molar-refractivity contribution in [3.8, 4) is 0 Å². The van der Waals surface area contributed by atoms with Gasteiger partial charge in [-0.05, 0) is 30.7 Å². The monoisotopic (exact) mass is 288 g/mol. The van der Waals surface area contributed by atoms with Gasteiger partial charge in [-0.25, -0.2) is 5.43 Å². The van der Waals surface area contributed by atoms with E-state index >= 15 is 0 Å². The Morgan fingerprint density at radius 3 is 2.48 bits per heavy atom. The fraction of sp³-hybridized carbons (Fsp3) is 0.529. The number of rotatable bonds is 5. The molecule has 1 aromatic carbocycles. The Labute approximate surface area is 127 Å². The molecule has 1 aliphatic heterocycles. The smallest absolute Gasteiger partial charge is 0.295 e. The van der Waals surface area contributed by atoms with Crippen molar-refractivity contribution in [1.29, 1.82) is 0 Å². The SMILES string of the molecule is CC(C)/C(=N/NC(=O)C[NH+]1CCCCC1)c1ccccc1. The van der Waals surface area contributed by atoms with E-state index in [0.717, 1.165) is 24.4 Å². The summed E-state index contributed by atoms with van der Waals surface area (Å²) in [4.78, 5) is 13.4. The predicted molar refractivity (Wildman–Crippen MR) is 85.4 cm³/mol. The van der Waals surface area contributed by atoms with Crippen LogP contribution in [-0.4, -0.2) is 31.3 Å². The molecule has 0 saturated carbocycles. The molecule has 1 fully saturated rings. The summed E-state index contributed by atoms with van der Waals surface area (Å²) in [7, 11) is 0. The maximum atomic E-state index is 12.0. The Morgan fingerprint density at radius 1 is 1.19 bits per heavy atom. The van der Waals surface area contributed by atoms with Gasteiger partial charge in [0.25, 0.3) is 5.91 Å². The molecule has 21 heavy (non-hydrogen) atoms. The fourth-order valence-electron chi connectivity index (χ4n) is 2.75. The lowest BCUT2D eigenvalue weighted by Crippen LogP contribution is -3.13. The van der Waals surface area contributed by atoms with Crippen LogP contribution in [0.25, 0.3) is 0 Å². The van der Waals surface area contributed by atoms with Gasteiger partial charge >= 0.3 is 0 Å². The molecule has 0 aliphatic carbocycles. The number of hydrazone groups is 1. The van der Waals surface area contributed by atoms with Crippen molar-refractivity contribution in [2.75, 3.05) is 19.6 Å². The maximum absolute atomic E-state index is 12.0. The highest BCUT2D eigenvalue weighted by Gasteiger charge is 2.17. The van der Waals surface area contributed by atoms with Crippen molar-refractivity contribution in [3.63, 3.8) is 0 Å². The first-order valence-corrected chi connectivity index (χ1v) is 7.92. The van der Waals surface area contributed by atoms with Crippen LogP contribution < -0.4 is 10.3 Å². The van der Waals surface area contributed by atoms with E-state index in [4.69, 9.17) is 0 Å². The van der Waals surface area contributed by atoms with Gasteiger partial charge < -0.3 is 4.90 Å². The molecular formula is C17H26N3O+. The van der Waals surface area contributed by atoms with Gasteiger partial charge in [-0.2, -0.15) is 5.10 Å². The molecular weight excluding hydrogens is 262 g/mol. The highest BCUT2D eigenvalue weighted by atomic mass is 16.2. The first kappa shape index (κ1) is 15.7. The molecule has 0 unspecified atom stereocenters. The number of quaternary nitrogens is 1. The van der Waals surface area contributed by atoms with Crippen molar-refractivity contribution < 1.29 is 9.69 Å². The number of hydrogen-bond acceptors (Lipinski definition) is 2. The van der Waals surface area contributed by atoms with Crippen molar-refractivity contribution in [3.05, 3.63) is 35.9 Å². The molecule has 0 atom stereocenters. The van der Waals surface area contributed by atoms with Crippen LogP contribution in [0.15, 0.2) is 35.4 Å². The number of nitrogens with zero attached hydrogens (tertiary/aromatic N) is 1. The molecule has 2 N–H and O–H groups in total. The molecule has 0 aromatic heterocycles. The van der Waals surface area contributed by atoms with Gasteiger partial charge in [0, 0.05) is 0 Å². The average molecular weight is 288 g/mol. The number of hydrogen-bond donors (Lipinski definition) is 2. The number of carbonyl (C=O) groups is 1. The maximum Gasteiger partial charge on any atom is 0.295 e. The van der Waals surface area contributed by atoms with Crippen molar-refractivity contribution in [2.24, 2.45) is 11.0 Å². The number of amides is 1. The normalized spacial score (nSPS) is 17.0. The summed E-state index contributed by atoms with van der Waals surface area (Å²) in [5, 5.41) is 4.36. The van der Waals surface area contributed by atoms with Crippen LogP contribution in [0.1, 0.15) is 38.7 Å². The second kappa shape index (κ2) is 7.93. The molecule has 1 amide bonds. The van der Waals surface area contributed by atoms with E-state index in [-0.39, 0.29) is 11.8 Å². The van der Waals surface area contributed by atoms with Gasteiger partial charge in [-0.1, -0.05) is 44.2 Å². The molecule has 1 aliphatic rings. The summed E-state index contributed by atoms with van der Waals surface area (Å²) in [5.41, 5.74) is 4.73. The minimum absolute atomic E-state index is 0.0148. The number of benzene rings is 1. The summed E-state index contributed by atoms with van der Waals surface area (Å²) in [6, 6.07) is 10.0. The minimum Gasteiger partial charge on any atom is -0.327 e. The minimum atomic E-state index is 0.0148. The fourth-order valence-corrected chi connectivity index (χ4v) is 2.75. The van der Waals surface area contributed by atoms with Gasteiger partial charge in [-0.15, -0.1) is 0 Å². The summed E-state index contributed by atoms with van der Waals surface area (Å²) in [5.74, 6) is 0.288.